The van der Waals surface area contributed by atoms with Gasteiger partial charge in [-0.25, -0.2) is 8.91 Å². The summed E-state index contributed by atoms with van der Waals surface area (Å²) in [6, 6.07) is 3.37. The van der Waals surface area contributed by atoms with Gasteiger partial charge in [0.2, 0.25) is 0 Å². The van der Waals surface area contributed by atoms with E-state index in [2.05, 4.69) is 31.2 Å². The van der Waals surface area contributed by atoms with Crippen LogP contribution >= 0.6 is 15.9 Å². The van der Waals surface area contributed by atoms with E-state index < -0.39 is 11.4 Å². The van der Waals surface area contributed by atoms with Crippen molar-refractivity contribution in [2.24, 2.45) is 0 Å². The molecule has 18 heavy (non-hydrogen) atoms. The summed E-state index contributed by atoms with van der Waals surface area (Å²) in [7, 11) is 0. The highest BCUT2D eigenvalue weighted by molar-refractivity contribution is 9.09. The number of halogens is 2. The molecular formula is C11H8BrFN4O. The second-order valence-electron chi connectivity index (χ2n) is 3.96. The number of hydrogen-bond donors (Lipinski definition) is 1. The molecule has 0 saturated carbocycles. The molecule has 3 aromatic rings. The Labute approximate surface area is 109 Å². The quantitative estimate of drug-likeness (QED) is 0.701. The maximum absolute atomic E-state index is 14.3. The molecular weight excluding hydrogens is 303 g/mol. The molecule has 3 rings (SSSR count). The lowest BCUT2D eigenvalue weighted by atomic mass is 10.1. The number of aromatic nitrogens is 4. The van der Waals surface area contributed by atoms with Gasteiger partial charge in [0.05, 0.1) is 11.7 Å². The van der Waals surface area contributed by atoms with E-state index in [0.29, 0.717) is 16.6 Å². The first kappa shape index (κ1) is 11.3. The van der Waals surface area contributed by atoms with E-state index >= 15 is 0 Å². The second-order valence-corrected chi connectivity index (χ2v) is 5.34. The Morgan fingerprint density at radius 2 is 2.22 bits per heavy atom. The lowest BCUT2D eigenvalue weighted by Crippen LogP contribution is -2.12. The normalized spacial score (nSPS) is 13.3. The smallest absolute Gasteiger partial charge is 0.276 e. The van der Waals surface area contributed by atoms with Crippen molar-refractivity contribution in [3.8, 4) is 0 Å². The highest BCUT2D eigenvalue weighted by atomic mass is 79.9. The Kier molecular flexibility index (Phi) is 2.44. The predicted octanol–water partition coefficient (Wildman–Crippen LogP) is 2.17. The summed E-state index contributed by atoms with van der Waals surface area (Å²) in [5.41, 5.74) is 0.989. The van der Waals surface area contributed by atoms with Gasteiger partial charge in [-0.05, 0) is 13.0 Å². The molecule has 0 saturated heterocycles. The van der Waals surface area contributed by atoms with E-state index in [1.54, 1.807) is 12.1 Å². The monoisotopic (exact) mass is 310 g/mol. The Balaban J connectivity index is 2.53. The lowest BCUT2D eigenvalue weighted by Gasteiger charge is -2.08. The molecule has 0 bridgehead atoms. The van der Waals surface area contributed by atoms with Crippen LogP contribution in [0, 0.1) is 5.82 Å². The number of nitrogens with one attached hydrogen (secondary N) is 1. The van der Waals surface area contributed by atoms with Gasteiger partial charge in [-0.2, -0.15) is 0 Å². The number of aromatic amines is 1. The summed E-state index contributed by atoms with van der Waals surface area (Å²) in [4.78, 5) is 14.1. The van der Waals surface area contributed by atoms with Crippen LogP contribution in [0.5, 0.6) is 0 Å². The molecule has 5 nitrogen and oxygen atoms in total. The fraction of sp³-hybridized carbons (Fsp3) is 0.182. The average Bonchev–Trinajstić information content (AvgIpc) is 2.80. The molecule has 2 aromatic heterocycles. The van der Waals surface area contributed by atoms with E-state index in [-0.39, 0.29) is 10.3 Å². The molecule has 2 heterocycles. The van der Waals surface area contributed by atoms with Gasteiger partial charge in [-0.15, -0.1) is 5.10 Å². The lowest BCUT2D eigenvalue weighted by molar-refractivity contribution is 0.619. The van der Waals surface area contributed by atoms with E-state index in [1.165, 1.54) is 10.7 Å². The zero-order valence-electron chi connectivity index (χ0n) is 9.32. The molecule has 7 heteroatoms. The third-order valence-electron chi connectivity index (χ3n) is 2.83. The number of nitrogens with zero attached hydrogens (tertiary/aromatic N) is 3. The number of benzene rings is 1. The topological polar surface area (TPSA) is 63.0 Å². The summed E-state index contributed by atoms with van der Waals surface area (Å²) in [6.45, 7) is 1.82. The van der Waals surface area contributed by atoms with Gasteiger partial charge in [0.25, 0.3) is 5.56 Å². The van der Waals surface area contributed by atoms with Crippen LogP contribution in [0.15, 0.2) is 23.1 Å². The minimum absolute atomic E-state index is 0.141. The second kappa shape index (κ2) is 3.88. The van der Waals surface area contributed by atoms with Crippen molar-refractivity contribution in [1.29, 1.82) is 0 Å². The molecule has 1 aromatic carbocycles. The van der Waals surface area contributed by atoms with Gasteiger partial charge < -0.3 is 4.98 Å². The Morgan fingerprint density at radius 1 is 1.44 bits per heavy atom. The number of alkyl halides is 1. The first-order valence-corrected chi connectivity index (χ1v) is 6.20. The van der Waals surface area contributed by atoms with E-state index in [1.807, 2.05) is 6.92 Å². The molecule has 92 valence electrons. The van der Waals surface area contributed by atoms with Crippen LogP contribution in [-0.2, 0) is 0 Å². The number of H-pyrrole nitrogens is 1. The van der Waals surface area contributed by atoms with Crippen molar-refractivity contribution in [3.05, 3.63) is 40.1 Å². The minimum atomic E-state index is -0.452. The fourth-order valence-corrected chi connectivity index (χ4v) is 2.28. The average molecular weight is 311 g/mol. The van der Waals surface area contributed by atoms with Gasteiger partial charge in [-0.1, -0.05) is 27.2 Å². The van der Waals surface area contributed by atoms with Gasteiger partial charge in [0.15, 0.2) is 11.3 Å². The molecule has 1 unspecified atom stereocenters. The molecule has 0 aliphatic rings. The van der Waals surface area contributed by atoms with Crippen LogP contribution in [0.2, 0.25) is 0 Å². The van der Waals surface area contributed by atoms with Crippen molar-refractivity contribution >= 4 is 32.5 Å². The molecule has 0 fully saturated rings. The summed E-state index contributed by atoms with van der Waals surface area (Å²) in [6.07, 6.45) is 1.34. The zero-order chi connectivity index (χ0) is 12.9. The van der Waals surface area contributed by atoms with E-state index in [4.69, 9.17) is 0 Å². The number of hydrogen-bond acceptors (Lipinski definition) is 3. The largest absolute Gasteiger partial charge is 0.316 e. The molecule has 0 spiro atoms. The Bertz CT molecular complexity index is 808. The summed E-state index contributed by atoms with van der Waals surface area (Å²) < 4.78 is 15.6. The highest BCUT2D eigenvalue weighted by Gasteiger charge is 2.15. The first-order valence-electron chi connectivity index (χ1n) is 5.28. The van der Waals surface area contributed by atoms with Gasteiger partial charge in [-0.3, -0.25) is 4.79 Å². The van der Waals surface area contributed by atoms with Crippen molar-refractivity contribution in [1.82, 2.24) is 19.8 Å². The third-order valence-corrected chi connectivity index (χ3v) is 3.32. The van der Waals surface area contributed by atoms with Gasteiger partial charge in [0, 0.05) is 10.4 Å². The van der Waals surface area contributed by atoms with Crippen LogP contribution in [0.3, 0.4) is 0 Å². The molecule has 0 aliphatic carbocycles. The van der Waals surface area contributed by atoms with Crippen LogP contribution in [0.25, 0.3) is 16.6 Å². The number of rotatable bonds is 1. The van der Waals surface area contributed by atoms with Crippen molar-refractivity contribution in [2.75, 3.05) is 0 Å². The highest BCUT2D eigenvalue weighted by Crippen LogP contribution is 2.28. The fourth-order valence-electron chi connectivity index (χ4n) is 1.93. The minimum Gasteiger partial charge on any atom is -0.316 e. The van der Waals surface area contributed by atoms with Crippen LogP contribution < -0.4 is 5.56 Å². The van der Waals surface area contributed by atoms with Crippen molar-refractivity contribution in [2.45, 2.75) is 11.8 Å². The van der Waals surface area contributed by atoms with Crippen LogP contribution in [0.4, 0.5) is 4.39 Å². The zero-order valence-corrected chi connectivity index (χ0v) is 10.9. The summed E-state index contributed by atoms with van der Waals surface area (Å²) >= 11 is 3.31. The molecule has 0 aliphatic heterocycles. The maximum atomic E-state index is 14.3. The van der Waals surface area contributed by atoms with Crippen LogP contribution in [0.1, 0.15) is 17.3 Å². The first-order chi connectivity index (χ1) is 8.59. The van der Waals surface area contributed by atoms with Crippen LogP contribution in [-0.4, -0.2) is 19.8 Å². The Morgan fingerprint density at radius 3 is 2.94 bits per heavy atom. The van der Waals surface area contributed by atoms with Gasteiger partial charge in [0.1, 0.15) is 5.52 Å². The predicted molar refractivity (Wildman–Crippen MR) is 68.4 cm³/mol. The SMILES string of the molecule is CC(Br)c1ccc2c([nH]c(=O)c3cnnn32)c1F. The maximum Gasteiger partial charge on any atom is 0.276 e. The molecule has 1 N–H and O–H groups in total. The third kappa shape index (κ3) is 1.47. The Hall–Kier alpha value is -1.76. The molecule has 0 amide bonds. The summed E-state index contributed by atoms with van der Waals surface area (Å²) in [5.74, 6) is -0.452. The summed E-state index contributed by atoms with van der Waals surface area (Å²) in [5, 5.41) is 7.45. The molecule has 1 atom stereocenters. The number of fused-ring (bicyclic) bond motifs is 3. The molecule has 0 radical (unpaired) electrons. The van der Waals surface area contributed by atoms with E-state index in [9.17, 15) is 9.18 Å². The standard InChI is InChI=1S/C11H8BrFN4O/c1-5(12)6-2-3-7-10(9(6)13)15-11(18)8-4-14-16-17(7)8/h2-5H,1H3,(H,15,18). The van der Waals surface area contributed by atoms with E-state index in [0.717, 1.165) is 0 Å². The van der Waals surface area contributed by atoms with Gasteiger partial charge >= 0.3 is 0 Å². The van der Waals surface area contributed by atoms with Crippen molar-refractivity contribution in [3.63, 3.8) is 0 Å². The van der Waals surface area contributed by atoms with Crippen molar-refractivity contribution < 1.29 is 4.39 Å².